The van der Waals surface area contributed by atoms with Crippen LogP contribution in [0.5, 0.6) is 11.8 Å². The molecule has 0 unspecified atom stereocenters. The molecule has 1 aromatic carbocycles. The maximum absolute atomic E-state index is 14.4. The third-order valence-electron chi connectivity index (χ3n) is 4.82. The van der Waals surface area contributed by atoms with Crippen LogP contribution in [-0.2, 0) is 13.0 Å². The van der Waals surface area contributed by atoms with Gasteiger partial charge in [-0.1, -0.05) is 0 Å². The van der Waals surface area contributed by atoms with Gasteiger partial charge < -0.3 is 14.8 Å². The summed E-state index contributed by atoms with van der Waals surface area (Å²) in [6.45, 7) is 0.835. The van der Waals surface area contributed by atoms with Crippen LogP contribution in [0.4, 0.5) is 10.3 Å². The van der Waals surface area contributed by atoms with Crippen molar-refractivity contribution in [1.82, 2.24) is 29.5 Å². The Morgan fingerprint density at radius 3 is 2.90 bits per heavy atom. The Balaban J connectivity index is 1.47. The molecule has 1 aliphatic rings. The molecule has 0 amide bonds. The van der Waals surface area contributed by atoms with Gasteiger partial charge in [0.1, 0.15) is 17.9 Å². The zero-order valence-corrected chi connectivity index (χ0v) is 15.5. The number of hydrogen-bond donors (Lipinski definition) is 1. The Labute approximate surface area is 164 Å². The molecule has 4 heterocycles. The van der Waals surface area contributed by atoms with E-state index in [1.165, 1.54) is 13.2 Å². The average Bonchev–Trinajstić information content (AvgIpc) is 3.43. The van der Waals surface area contributed by atoms with Crippen LogP contribution in [-0.4, -0.2) is 43.3 Å². The summed E-state index contributed by atoms with van der Waals surface area (Å²) in [5.74, 6) is 0.966. The molecule has 0 saturated carbocycles. The highest BCUT2D eigenvalue weighted by molar-refractivity contribution is 5.76. The molecule has 0 bridgehead atoms. The minimum Gasteiger partial charge on any atom is -0.493 e. The summed E-state index contributed by atoms with van der Waals surface area (Å²) in [7, 11) is 1.50. The summed E-state index contributed by atoms with van der Waals surface area (Å²) in [6.07, 6.45) is 7.16. The third kappa shape index (κ3) is 2.98. The second kappa shape index (κ2) is 6.97. The highest BCUT2D eigenvalue weighted by atomic mass is 19.1. The monoisotopic (exact) mass is 393 g/mol. The fourth-order valence-electron chi connectivity index (χ4n) is 3.39. The van der Waals surface area contributed by atoms with E-state index in [9.17, 15) is 4.39 Å². The van der Waals surface area contributed by atoms with Gasteiger partial charge in [-0.25, -0.2) is 19.3 Å². The van der Waals surface area contributed by atoms with E-state index >= 15 is 0 Å². The molecule has 0 aliphatic carbocycles. The predicted octanol–water partition coefficient (Wildman–Crippen LogP) is 2.28. The summed E-state index contributed by atoms with van der Waals surface area (Å²) < 4.78 is 26.6. The highest BCUT2D eigenvalue weighted by Crippen LogP contribution is 2.31. The van der Waals surface area contributed by atoms with Gasteiger partial charge in [0.05, 0.1) is 13.7 Å². The minimum absolute atomic E-state index is 0.268. The molecule has 0 radical (unpaired) electrons. The number of nitrogens with one attached hydrogen (secondary N) is 1. The van der Waals surface area contributed by atoms with Crippen molar-refractivity contribution >= 4 is 11.6 Å². The van der Waals surface area contributed by atoms with Gasteiger partial charge in [-0.2, -0.15) is 0 Å². The number of halogens is 1. The van der Waals surface area contributed by atoms with Crippen LogP contribution in [0.3, 0.4) is 0 Å². The molecule has 10 heteroatoms. The van der Waals surface area contributed by atoms with E-state index in [2.05, 4.69) is 30.5 Å². The van der Waals surface area contributed by atoms with Crippen LogP contribution in [0, 0.1) is 5.82 Å². The van der Waals surface area contributed by atoms with E-state index in [0.29, 0.717) is 30.2 Å². The van der Waals surface area contributed by atoms with E-state index in [1.54, 1.807) is 35.4 Å². The number of benzene rings is 1. The smallest absolute Gasteiger partial charge is 0.316 e. The largest absolute Gasteiger partial charge is 0.493 e. The van der Waals surface area contributed by atoms with Crippen molar-refractivity contribution in [2.24, 2.45) is 0 Å². The molecule has 29 heavy (non-hydrogen) atoms. The zero-order chi connectivity index (χ0) is 19.8. The third-order valence-corrected chi connectivity index (χ3v) is 4.82. The molecule has 146 valence electrons. The van der Waals surface area contributed by atoms with Gasteiger partial charge in [0, 0.05) is 53.8 Å². The van der Waals surface area contributed by atoms with Gasteiger partial charge in [-0.3, -0.25) is 4.40 Å². The van der Waals surface area contributed by atoms with Crippen molar-refractivity contribution < 1.29 is 13.9 Å². The Kier molecular flexibility index (Phi) is 4.15. The number of methoxy groups -OCH3 is 1. The van der Waals surface area contributed by atoms with Crippen molar-refractivity contribution in [3.63, 3.8) is 0 Å². The summed E-state index contributed by atoms with van der Waals surface area (Å²) in [4.78, 5) is 12.7. The van der Waals surface area contributed by atoms with E-state index in [0.717, 1.165) is 22.4 Å². The lowest BCUT2D eigenvalue weighted by molar-refractivity contribution is 0.356. The Morgan fingerprint density at radius 2 is 2.07 bits per heavy atom. The highest BCUT2D eigenvalue weighted by Gasteiger charge is 2.20. The molecule has 4 aromatic rings. The van der Waals surface area contributed by atoms with Crippen molar-refractivity contribution in [2.75, 3.05) is 19.0 Å². The molecule has 0 spiro atoms. The maximum atomic E-state index is 14.4. The second-order valence-corrected chi connectivity index (χ2v) is 6.43. The van der Waals surface area contributed by atoms with Crippen LogP contribution in [0.1, 0.15) is 11.1 Å². The van der Waals surface area contributed by atoms with E-state index in [1.807, 2.05) is 0 Å². The first-order valence-electron chi connectivity index (χ1n) is 8.96. The number of anilines is 1. The predicted molar refractivity (Wildman–Crippen MR) is 101 cm³/mol. The lowest BCUT2D eigenvalue weighted by Gasteiger charge is -2.12. The first-order chi connectivity index (χ1) is 14.2. The van der Waals surface area contributed by atoms with Crippen LogP contribution in [0.15, 0.2) is 37.1 Å². The molecule has 1 N–H and O–H groups in total. The number of aromatic nitrogens is 6. The molecule has 0 fully saturated rings. The normalized spacial score (nSPS) is 12.6. The van der Waals surface area contributed by atoms with Crippen LogP contribution < -0.4 is 14.8 Å². The first kappa shape index (κ1) is 17.3. The topological polar surface area (TPSA) is 99.4 Å². The molecule has 0 atom stereocenters. The van der Waals surface area contributed by atoms with Crippen molar-refractivity contribution in [3.05, 3.63) is 54.0 Å². The standard InChI is InChI=1S/C19H16FN7O2/c1-28-19-23-6-11(7-24-19)13-8-21-18(27-10-25-26-17(13)27)22-9-14-12-4-5-29-16(12)3-2-15(14)20/h2-3,6-8,10H,4-5,9H2,1H3,(H,21,22). The number of hydrogen-bond acceptors (Lipinski definition) is 8. The first-order valence-corrected chi connectivity index (χ1v) is 8.96. The van der Waals surface area contributed by atoms with Gasteiger partial charge in [-0.15, -0.1) is 10.2 Å². The quantitative estimate of drug-likeness (QED) is 0.551. The lowest BCUT2D eigenvalue weighted by Crippen LogP contribution is -2.09. The van der Waals surface area contributed by atoms with Gasteiger partial charge in [0.2, 0.25) is 5.95 Å². The fourth-order valence-corrected chi connectivity index (χ4v) is 3.39. The van der Waals surface area contributed by atoms with Crippen LogP contribution >= 0.6 is 0 Å². The van der Waals surface area contributed by atoms with Crippen molar-refractivity contribution in [1.29, 1.82) is 0 Å². The fraction of sp³-hybridized carbons (Fsp3) is 0.211. The molecule has 0 saturated heterocycles. The van der Waals surface area contributed by atoms with Crippen LogP contribution in [0.2, 0.25) is 0 Å². The summed E-state index contributed by atoms with van der Waals surface area (Å²) in [5.41, 5.74) is 3.50. The second-order valence-electron chi connectivity index (χ2n) is 6.43. The van der Waals surface area contributed by atoms with Gasteiger partial charge in [-0.05, 0) is 12.1 Å². The SMILES string of the molecule is COc1ncc(-c2cnc(NCc3c(F)ccc4c3CCO4)n3cnnc23)cn1. The number of ether oxygens (including phenoxy) is 2. The molecular formula is C19H16FN7O2. The summed E-state index contributed by atoms with van der Waals surface area (Å²) in [5, 5.41) is 11.3. The Morgan fingerprint density at radius 1 is 1.21 bits per heavy atom. The van der Waals surface area contributed by atoms with E-state index in [-0.39, 0.29) is 18.4 Å². The molecule has 9 nitrogen and oxygen atoms in total. The van der Waals surface area contributed by atoms with Gasteiger partial charge >= 0.3 is 6.01 Å². The number of fused-ring (bicyclic) bond motifs is 2. The number of rotatable bonds is 5. The van der Waals surface area contributed by atoms with E-state index in [4.69, 9.17) is 9.47 Å². The summed E-state index contributed by atoms with van der Waals surface area (Å²) in [6, 6.07) is 3.37. The minimum atomic E-state index is -0.270. The molecular weight excluding hydrogens is 377 g/mol. The van der Waals surface area contributed by atoms with Crippen molar-refractivity contribution in [3.8, 4) is 22.9 Å². The molecule has 1 aliphatic heterocycles. The maximum Gasteiger partial charge on any atom is 0.316 e. The number of nitrogens with zero attached hydrogens (tertiary/aromatic N) is 6. The zero-order valence-electron chi connectivity index (χ0n) is 15.5. The van der Waals surface area contributed by atoms with Gasteiger partial charge in [0.25, 0.3) is 0 Å². The van der Waals surface area contributed by atoms with E-state index < -0.39 is 0 Å². The Hall–Kier alpha value is -3.82. The molecule has 3 aromatic heterocycles. The lowest BCUT2D eigenvalue weighted by atomic mass is 10.0. The van der Waals surface area contributed by atoms with Gasteiger partial charge in [0.15, 0.2) is 5.65 Å². The summed E-state index contributed by atoms with van der Waals surface area (Å²) >= 11 is 0. The average molecular weight is 393 g/mol. The van der Waals surface area contributed by atoms with Crippen LogP contribution in [0.25, 0.3) is 16.8 Å². The van der Waals surface area contributed by atoms with Crippen molar-refractivity contribution in [2.45, 2.75) is 13.0 Å². The Bertz CT molecular complexity index is 1190. The molecule has 5 rings (SSSR count).